The van der Waals surface area contributed by atoms with Gasteiger partial charge in [-0.05, 0) is 43.0 Å². The lowest BCUT2D eigenvalue weighted by atomic mass is 10.0. The smallest absolute Gasteiger partial charge is 0.0791 e. The number of aliphatic hydroxyl groups is 1. The van der Waals surface area contributed by atoms with E-state index in [0.29, 0.717) is 12.5 Å². The summed E-state index contributed by atoms with van der Waals surface area (Å²) in [5.41, 5.74) is 2.66. The highest BCUT2D eigenvalue weighted by Gasteiger charge is 2.15. The Morgan fingerprint density at radius 2 is 1.80 bits per heavy atom. The van der Waals surface area contributed by atoms with Gasteiger partial charge in [-0.1, -0.05) is 38.1 Å². The Balaban J connectivity index is 1.66. The van der Waals surface area contributed by atoms with Crippen molar-refractivity contribution in [3.63, 3.8) is 0 Å². The van der Waals surface area contributed by atoms with Crippen LogP contribution in [0.5, 0.6) is 0 Å². The Hall–Kier alpha value is -0.900. The lowest BCUT2D eigenvalue weighted by Crippen LogP contribution is -2.36. The summed E-state index contributed by atoms with van der Waals surface area (Å²) >= 11 is 0. The third kappa shape index (κ3) is 4.89. The number of rotatable bonds is 7. The number of nitrogens with one attached hydrogen (secondary N) is 1. The van der Waals surface area contributed by atoms with Crippen LogP contribution in [0, 0.1) is 0 Å². The zero-order valence-corrected chi connectivity index (χ0v) is 12.8. The molecule has 0 bridgehead atoms. The lowest BCUT2D eigenvalue weighted by Gasteiger charge is -2.19. The average molecular weight is 276 g/mol. The predicted molar refractivity (Wildman–Crippen MR) is 83.9 cm³/mol. The van der Waals surface area contributed by atoms with Crippen molar-refractivity contribution in [1.82, 2.24) is 10.2 Å². The molecule has 0 amide bonds. The van der Waals surface area contributed by atoms with Gasteiger partial charge in [-0.15, -0.1) is 0 Å². The number of aliphatic hydroxyl groups excluding tert-OH is 1. The number of benzene rings is 1. The molecule has 2 N–H and O–H groups in total. The Bertz CT molecular complexity index is 382. The van der Waals surface area contributed by atoms with E-state index in [1.807, 2.05) is 0 Å². The third-order valence-corrected chi connectivity index (χ3v) is 4.02. The molecule has 20 heavy (non-hydrogen) atoms. The summed E-state index contributed by atoms with van der Waals surface area (Å²) in [6.07, 6.45) is 2.30. The van der Waals surface area contributed by atoms with Crippen molar-refractivity contribution < 1.29 is 5.11 Å². The van der Waals surface area contributed by atoms with Crippen LogP contribution in [-0.2, 0) is 6.54 Å². The van der Waals surface area contributed by atoms with Gasteiger partial charge in [0.2, 0.25) is 0 Å². The summed E-state index contributed by atoms with van der Waals surface area (Å²) < 4.78 is 0. The molecule has 0 spiro atoms. The molecule has 0 saturated carbocycles. The van der Waals surface area contributed by atoms with Crippen molar-refractivity contribution in [1.29, 1.82) is 0 Å². The number of likely N-dealkylation sites (tertiary alicyclic amines) is 1. The van der Waals surface area contributed by atoms with E-state index in [9.17, 15) is 5.11 Å². The van der Waals surface area contributed by atoms with Gasteiger partial charge in [0.05, 0.1) is 6.10 Å². The van der Waals surface area contributed by atoms with Gasteiger partial charge in [-0.2, -0.15) is 0 Å². The van der Waals surface area contributed by atoms with Gasteiger partial charge in [0.25, 0.3) is 0 Å². The highest BCUT2D eigenvalue weighted by atomic mass is 16.3. The van der Waals surface area contributed by atoms with Crippen molar-refractivity contribution in [3.8, 4) is 0 Å². The van der Waals surface area contributed by atoms with Crippen LogP contribution in [0.4, 0.5) is 0 Å². The molecular formula is C17H28N2O. The van der Waals surface area contributed by atoms with Crippen LogP contribution in [0.3, 0.4) is 0 Å². The first-order chi connectivity index (χ1) is 9.65. The first-order valence-electron chi connectivity index (χ1n) is 7.85. The van der Waals surface area contributed by atoms with Crippen molar-refractivity contribution in [2.24, 2.45) is 0 Å². The van der Waals surface area contributed by atoms with Crippen LogP contribution in [0.25, 0.3) is 0 Å². The van der Waals surface area contributed by atoms with Gasteiger partial charge >= 0.3 is 0 Å². The molecule has 1 aromatic carbocycles. The average Bonchev–Trinajstić information content (AvgIpc) is 2.92. The molecule has 112 valence electrons. The van der Waals surface area contributed by atoms with Crippen molar-refractivity contribution in [2.45, 2.75) is 45.3 Å². The van der Waals surface area contributed by atoms with E-state index in [2.05, 4.69) is 48.3 Å². The Morgan fingerprint density at radius 3 is 2.40 bits per heavy atom. The minimum atomic E-state index is -0.261. The maximum atomic E-state index is 10.0. The molecule has 1 fully saturated rings. The molecule has 3 nitrogen and oxygen atoms in total. The molecule has 1 aromatic rings. The van der Waals surface area contributed by atoms with Gasteiger partial charge < -0.3 is 15.3 Å². The number of β-amino-alcohol motifs (C(OH)–C–C–N with tert-alkyl or cyclic N) is 1. The van der Waals surface area contributed by atoms with Gasteiger partial charge in [-0.3, -0.25) is 0 Å². The normalized spacial score (nSPS) is 17.8. The van der Waals surface area contributed by atoms with E-state index in [0.717, 1.165) is 26.2 Å². The van der Waals surface area contributed by atoms with Crippen LogP contribution in [0.15, 0.2) is 24.3 Å². The van der Waals surface area contributed by atoms with E-state index in [4.69, 9.17) is 0 Å². The molecule has 3 heteroatoms. The summed E-state index contributed by atoms with van der Waals surface area (Å²) in [6.45, 7) is 9.02. The summed E-state index contributed by atoms with van der Waals surface area (Å²) in [5, 5.41) is 13.3. The maximum absolute atomic E-state index is 10.0. The molecule has 1 unspecified atom stereocenters. The fourth-order valence-corrected chi connectivity index (χ4v) is 2.73. The number of hydrogen-bond donors (Lipinski definition) is 2. The number of nitrogens with zero attached hydrogens (tertiary/aromatic N) is 1. The maximum Gasteiger partial charge on any atom is 0.0791 e. The molecule has 1 aliphatic heterocycles. The Labute approximate surface area is 123 Å². The van der Waals surface area contributed by atoms with Crippen LogP contribution >= 0.6 is 0 Å². The van der Waals surface area contributed by atoms with Crippen molar-refractivity contribution in [3.05, 3.63) is 35.4 Å². The minimum absolute atomic E-state index is 0.261. The van der Waals surface area contributed by atoms with Crippen LogP contribution < -0.4 is 5.32 Å². The second-order valence-corrected chi connectivity index (χ2v) is 6.19. The van der Waals surface area contributed by atoms with Crippen LogP contribution in [-0.4, -0.2) is 42.3 Å². The second kappa shape index (κ2) is 7.77. The fourth-order valence-electron chi connectivity index (χ4n) is 2.73. The first kappa shape index (κ1) is 15.5. The molecule has 2 rings (SSSR count). The summed E-state index contributed by atoms with van der Waals surface area (Å²) in [6, 6.07) is 8.75. The molecule has 1 aliphatic rings. The monoisotopic (exact) mass is 276 g/mol. The topological polar surface area (TPSA) is 35.5 Å². The molecule has 0 aromatic heterocycles. The van der Waals surface area contributed by atoms with Gasteiger partial charge in [-0.25, -0.2) is 0 Å². The Kier molecular flexibility index (Phi) is 6.02. The largest absolute Gasteiger partial charge is 0.390 e. The lowest BCUT2D eigenvalue weighted by molar-refractivity contribution is 0.123. The Morgan fingerprint density at radius 1 is 1.15 bits per heavy atom. The van der Waals surface area contributed by atoms with Crippen molar-refractivity contribution >= 4 is 0 Å². The second-order valence-electron chi connectivity index (χ2n) is 6.19. The molecule has 1 atom stereocenters. The molecule has 0 aliphatic carbocycles. The van der Waals surface area contributed by atoms with E-state index >= 15 is 0 Å². The summed E-state index contributed by atoms with van der Waals surface area (Å²) in [4.78, 5) is 2.35. The van der Waals surface area contributed by atoms with E-state index in [1.54, 1.807) is 0 Å². The van der Waals surface area contributed by atoms with Gasteiger partial charge in [0.1, 0.15) is 0 Å². The fraction of sp³-hybridized carbons (Fsp3) is 0.647. The van der Waals surface area contributed by atoms with Crippen LogP contribution in [0.1, 0.15) is 43.7 Å². The van der Waals surface area contributed by atoms with Gasteiger partial charge in [0, 0.05) is 19.6 Å². The molecule has 1 saturated heterocycles. The van der Waals surface area contributed by atoms with Crippen LogP contribution in [0.2, 0.25) is 0 Å². The molecule has 1 heterocycles. The minimum Gasteiger partial charge on any atom is -0.390 e. The zero-order valence-electron chi connectivity index (χ0n) is 12.8. The first-order valence-corrected chi connectivity index (χ1v) is 7.85. The highest BCUT2D eigenvalue weighted by molar-refractivity contribution is 5.24. The zero-order chi connectivity index (χ0) is 14.4. The van der Waals surface area contributed by atoms with Gasteiger partial charge in [0.15, 0.2) is 0 Å². The van der Waals surface area contributed by atoms with E-state index < -0.39 is 0 Å². The number of hydrogen-bond acceptors (Lipinski definition) is 3. The quantitative estimate of drug-likeness (QED) is 0.802. The van der Waals surface area contributed by atoms with E-state index in [1.165, 1.54) is 24.0 Å². The third-order valence-electron chi connectivity index (χ3n) is 4.02. The predicted octanol–water partition coefficient (Wildman–Crippen LogP) is 2.36. The molecule has 0 radical (unpaired) electrons. The SMILES string of the molecule is CC(C)c1ccc(CNCC(O)CN2CCCC2)cc1. The standard InChI is InChI=1S/C17H28N2O/c1-14(2)16-7-5-15(6-8-16)11-18-12-17(20)13-19-9-3-4-10-19/h5-8,14,17-18,20H,3-4,9-13H2,1-2H3. The van der Waals surface area contributed by atoms with E-state index in [-0.39, 0.29) is 6.10 Å². The summed E-state index contributed by atoms with van der Waals surface area (Å²) in [5.74, 6) is 0.583. The summed E-state index contributed by atoms with van der Waals surface area (Å²) in [7, 11) is 0. The molecular weight excluding hydrogens is 248 g/mol. The van der Waals surface area contributed by atoms with Crippen molar-refractivity contribution in [2.75, 3.05) is 26.2 Å². The highest BCUT2D eigenvalue weighted by Crippen LogP contribution is 2.14.